The summed E-state index contributed by atoms with van der Waals surface area (Å²) in [5.41, 5.74) is 27.0. The van der Waals surface area contributed by atoms with Gasteiger partial charge in [0.15, 0.2) is 0 Å². The van der Waals surface area contributed by atoms with Gasteiger partial charge in [-0.2, -0.15) is 0 Å². The fourth-order valence-corrected chi connectivity index (χ4v) is 9.06. The van der Waals surface area contributed by atoms with Crippen molar-refractivity contribution in [3.05, 3.63) is 210 Å². The van der Waals surface area contributed by atoms with Crippen molar-refractivity contribution in [1.29, 1.82) is 0 Å². The van der Waals surface area contributed by atoms with E-state index in [1.54, 1.807) is 0 Å². The molecule has 2 nitrogen and oxygen atoms in total. The van der Waals surface area contributed by atoms with E-state index in [9.17, 15) is 0 Å². The maximum atomic E-state index is 2.41. The first-order valence-corrected chi connectivity index (χ1v) is 21.2. The first kappa shape index (κ1) is 41.8. The van der Waals surface area contributed by atoms with Crippen LogP contribution in [-0.4, -0.2) is 0 Å². The molecule has 0 saturated carbocycles. The summed E-state index contributed by atoms with van der Waals surface area (Å²) >= 11 is 0. The molecule has 7 aromatic carbocycles. The Morgan fingerprint density at radius 3 is 0.717 bits per heavy atom. The minimum absolute atomic E-state index is 1.17. The summed E-state index contributed by atoms with van der Waals surface area (Å²) in [5, 5.41) is 0. The highest BCUT2D eigenvalue weighted by Gasteiger charge is 2.18. The van der Waals surface area contributed by atoms with Crippen LogP contribution in [0, 0.1) is 83.1 Å². The van der Waals surface area contributed by atoms with E-state index >= 15 is 0 Å². The van der Waals surface area contributed by atoms with Crippen molar-refractivity contribution in [2.45, 2.75) is 83.1 Å². The van der Waals surface area contributed by atoms with Crippen molar-refractivity contribution < 1.29 is 0 Å². The van der Waals surface area contributed by atoms with Gasteiger partial charge in [0.1, 0.15) is 0 Å². The van der Waals surface area contributed by atoms with Crippen molar-refractivity contribution in [2.75, 3.05) is 9.80 Å². The highest BCUT2D eigenvalue weighted by Crippen LogP contribution is 2.40. The maximum Gasteiger partial charge on any atom is 0.0467 e. The van der Waals surface area contributed by atoms with Crippen molar-refractivity contribution in [3.63, 3.8) is 0 Å². The van der Waals surface area contributed by atoms with Crippen LogP contribution in [0.4, 0.5) is 34.1 Å². The molecular weight excluding hydrogens is 725 g/mol. The quantitative estimate of drug-likeness (QED) is 0.127. The first-order chi connectivity index (χ1) is 28.6. The minimum Gasteiger partial charge on any atom is -0.310 e. The van der Waals surface area contributed by atoms with E-state index in [1.165, 1.54) is 123 Å². The molecule has 0 aliphatic carbocycles. The Balaban J connectivity index is 1.21. The Morgan fingerprint density at radius 1 is 0.267 bits per heavy atom. The third-order valence-corrected chi connectivity index (χ3v) is 11.4. The van der Waals surface area contributed by atoms with Gasteiger partial charge in [-0.1, -0.05) is 72.8 Å². The number of hydrogen-bond acceptors (Lipinski definition) is 2. The standard InChI is InChI=1S/C58H60N2/c1-37-21-38(2)26-51(25-37)59(52-27-39(3)22-40(4)28-52)55-33-45(9)57(46(10)34-55)19-17-49-15-13-14-16-50(49)18-20-58-47(11)35-56(36-48(58)12)60(53-29-41(5)23-42(6)30-53)54-31-43(7)24-44(8)32-54/h13-36H,1-12H3. The summed E-state index contributed by atoms with van der Waals surface area (Å²) < 4.78 is 0. The van der Waals surface area contributed by atoms with E-state index < -0.39 is 0 Å². The lowest BCUT2D eigenvalue weighted by Gasteiger charge is -2.28. The van der Waals surface area contributed by atoms with Gasteiger partial charge in [0.2, 0.25) is 0 Å². The Morgan fingerprint density at radius 2 is 0.483 bits per heavy atom. The molecular formula is C58H60N2. The zero-order chi connectivity index (χ0) is 42.8. The number of anilines is 6. The van der Waals surface area contributed by atoms with Gasteiger partial charge in [-0.25, -0.2) is 0 Å². The van der Waals surface area contributed by atoms with Gasteiger partial charge in [0.25, 0.3) is 0 Å². The highest BCUT2D eigenvalue weighted by molar-refractivity contribution is 5.85. The molecule has 0 fully saturated rings. The zero-order valence-corrected chi connectivity index (χ0v) is 37.8. The highest BCUT2D eigenvalue weighted by atomic mass is 15.1. The lowest BCUT2D eigenvalue weighted by atomic mass is 9.97. The Bertz CT molecular complexity index is 2370. The second-order valence-electron chi connectivity index (χ2n) is 17.3. The normalized spacial score (nSPS) is 11.5. The smallest absolute Gasteiger partial charge is 0.0467 e. The largest absolute Gasteiger partial charge is 0.310 e. The van der Waals surface area contributed by atoms with Crippen LogP contribution in [0.5, 0.6) is 0 Å². The monoisotopic (exact) mass is 784 g/mol. The second kappa shape index (κ2) is 17.5. The summed E-state index contributed by atoms with van der Waals surface area (Å²) in [7, 11) is 0. The molecule has 0 N–H and O–H groups in total. The molecule has 7 rings (SSSR count). The van der Waals surface area contributed by atoms with Gasteiger partial charge in [-0.15, -0.1) is 0 Å². The number of nitrogens with zero attached hydrogens (tertiary/aromatic N) is 2. The van der Waals surface area contributed by atoms with Gasteiger partial charge in [0.05, 0.1) is 0 Å². The molecule has 0 aliphatic rings. The predicted molar refractivity (Wildman–Crippen MR) is 263 cm³/mol. The molecule has 0 aliphatic heterocycles. The molecule has 0 heterocycles. The third kappa shape index (κ3) is 9.40. The van der Waals surface area contributed by atoms with Gasteiger partial charge >= 0.3 is 0 Å². The van der Waals surface area contributed by atoms with Crippen LogP contribution in [0.2, 0.25) is 0 Å². The molecule has 0 amide bonds. The number of rotatable bonds is 10. The molecule has 0 radical (unpaired) electrons. The number of benzene rings is 7. The second-order valence-corrected chi connectivity index (χ2v) is 17.3. The molecule has 0 aromatic heterocycles. The average Bonchev–Trinajstić information content (AvgIpc) is 3.13. The predicted octanol–water partition coefficient (Wildman–Crippen LogP) is 16.7. The molecule has 2 heteroatoms. The molecule has 0 atom stereocenters. The molecule has 302 valence electrons. The van der Waals surface area contributed by atoms with Crippen LogP contribution in [-0.2, 0) is 0 Å². The minimum atomic E-state index is 1.17. The summed E-state index contributed by atoms with van der Waals surface area (Å²) in [6.45, 7) is 26.4. The van der Waals surface area contributed by atoms with Crippen LogP contribution in [0.15, 0.2) is 121 Å². The topological polar surface area (TPSA) is 6.48 Å². The summed E-state index contributed by atoms with van der Waals surface area (Å²) in [6.07, 6.45) is 9.13. The molecule has 0 bridgehead atoms. The van der Waals surface area contributed by atoms with Gasteiger partial charge < -0.3 is 9.80 Å². The number of aryl methyl sites for hydroxylation is 12. The molecule has 0 saturated heterocycles. The fourth-order valence-electron chi connectivity index (χ4n) is 9.06. The van der Waals surface area contributed by atoms with Crippen LogP contribution in [0.25, 0.3) is 24.3 Å². The van der Waals surface area contributed by atoms with Crippen LogP contribution < -0.4 is 9.80 Å². The van der Waals surface area contributed by atoms with E-state index in [-0.39, 0.29) is 0 Å². The molecule has 60 heavy (non-hydrogen) atoms. The van der Waals surface area contributed by atoms with Crippen LogP contribution in [0.3, 0.4) is 0 Å². The van der Waals surface area contributed by atoms with E-state index in [2.05, 4.69) is 239 Å². The number of hydrogen-bond donors (Lipinski definition) is 0. The SMILES string of the molecule is Cc1cc(C)cc(N(c2cc(C)cc(C)c2)c2cc(C)c(C=Cc3ccccc3C=Cc3c(C)cc(N(c4cc(C)cc(C)c4)c4cc(C)cc(C)c4)cc3C)c(C)c2)c1. The molecule has 0 unspecified atom stereocenters. The third-order valence-electron chi connectivity index (χ3n) is 11.4. The average molecular weight is 785 g/mol. The molecule has 7 aromatic rings. The molecule has 0 spiro atoms. The lowest BCUT2D eigenvalue weighted by Crippen LogP contribution is -2.12. The van der Waals surface area contributed by atoms with E-state index in [0.717, 1.165) is 0 Å². The van der Waals surface area contributed by atoms with Crippen molar-refractivity contribution >= 4 is 58.4 Å². The Hall–Kier alpha value is -6.38. The Labute approximate surface area is 360 Å². The zero-order valence-electron chi connectivity index (χ0n) is 37.8. The van der Waals surface area contributed by atoms with Gasteiger partial charge in [0, 0.05) is 34.1 Å². The summed E-state index contributed by atoms with van der Waals surface area (Å²) in [6, 6.07) is 45.3. The fraction of sp³-hybridized carbons (Fsp3) is 0.207. The van der Waals surface area contributed by atoms with Crippen LogP contribution in [0.1, 0.15) is 89.0 Å². The van der Waals surface area contributed by atoms with Gasteiger partial charge in [-0.05, 0) is 245 Å². The summed E-state index contributed by atoms with van der Waals surface area (Å²) in [4.78, 5) is 4.82. The van der Waals surface area contributed by atoms with E-state index in [1.807, 2.05) is 0 Å². The first-order valence-electron chi connectivity index (χ1n) is 21.2. The van der Waals surface area contributed by atoms with Crippen molar-refractivity contribution in [2.24, 2.45) is 0 Å². The van der Waals surface area contributed by atoms with Gasteiger partial charge in [-0.3, -0.25) is 0 Å². The maximum absolute atomic E-state index is 2.41. The van der Waals surface area contributed by atoms with Crippen molar-refractivity contribution in [1.82, 2.24) is 0 Å². The van der Waals surface area contributed by atoms with Crippen LogP contribution >= 0.6 is 0 Å². The summed E-state index contributed by atoms with van der Waals surface area (Å²) in [5.74, 6) is 0. The Kier molecular flexibility index (Phi) is 12.2. The lowest BCUT2D eigenvalue weighted by molar-refractivity contribution is 1.21. The van der Waals surface area contributed by atoms with E-state index in [4.69, 9.17) is 0 Å². The van der Waals surface area contributed by atoms with Crippen molar-refractivity contribution in [3.8, 4) is 0 Å². The van der Waals surface area contributed by atoms with E-state index in [0.29, 0.717) is 0 Å².